The lowest BCUT2D eigenvalue weighted by Crippen LogP contribution is -2.12. The van der Waals surface area contributed by atoms with Crippen LogP contribution in [0.3, 0.4) is 0 Å². The Labute approximate surface area is 101 Å². The van der Waals surface area contributed by atoms with Crippen LogP contribution in [0, 0.1) is 5.92 Å². The van der Waals surface area contributed by atoms with E-state index in [1.807, 2.05) is 36.4 Å². The third-order valence-corrected chi connectivity index (χ3v) is 3.76. The van der Waals surface area contributed by atoms with E-state index >= 15 is 0 Å². The van der Waals surface area contributed by atoms with Gasteiger partial charge in [-0.3, -0.25) is 0 Å². The molecule has 0 spiro atoms. The lowest BCUT2D eigenvalue weighted by molar-refractivity contribution is -0.109. The summed E-state index contributed by atoms with van der Waals surface area (Å²) in [5.74, 6) is 0.132. The summed E-state index contributed by atoms with van der Waals surface area (Å²) in [4.78, 5) is 11.1. The zero-order valence-corrected chi connectivity index (χ0v) is 9.54. The van der Waals surface area contributed by atoms with Crippen molar-refractivity contribution in [3.05, 3.63) is 71.8 Å². The molecule has 3 rings (SSSR count). The van der Waals surface area contributed by atoms with Crippen LogP contribution in [0.25, 0.3) is 0 Å². The maximum absolute atomic E-state index is 11.1. The van der Waals surface area contributed by atoms with Gasteiger partial charge in [0.1, 0.15) is 6.29 Å². The molecule has 84 valence electrons. The highest BCUT2D eigenvalue weighted by atomic mass is 16.1. The molecule has 1 atom stereocenters. The van der Waals surface area contributed by atoms with Crippen molar-refractivity contribution in [1.29, 1.82) is 0 Å². The van der Waals surface area contributed by atoms with Crippen molar-refractivity contribution in [3.8, 4) is 0 Å². The van der Waals surface area contributed by atoms with Crippen LogP contribution >= 0.6 is 0 Å². The second-order valence-electron chi connectivity index (χ2n) is 4.65. The highest BCUT2D eigenvalue weighted by Gasteiger charge is 2.56. The predicted molar refractivity (Wildman–Crippen MR) is 67.8 cm³/mol. The molecule has 0 aliphatic heterocycles. The van der Waals surface area contributed by atoms with E-state index in [1.54, 1.807) is 0 Å². The SMILES string of the molecule is O=C[C@@H]1CC1(c1ccccc1)c1ccccc1. The van der Waals surface area contributed by atoms with Crippen LogP contribution in [-0.4, -0.2) is 6.29 Å². The van der Waals surface area contributed by atoms with Gasteiger partial charge in [-0.1, -0.05) is 60.7 Å². The summed E-state index contributed by atoms with van der Waals surface area (Å²) in [5.41, 5.74) is 2.44. The number of rotatable bonds is 3. The van der Waals surface area contributed by atoms with Gasteiger partial charge in [0.2, 0.25) is 0 Å². The minimum absolute atomic E-state index is 0.0652. The molecule has 0 amide bonds. The Kier molecular flexibility index (Phi) is 2.32. The molecule has 1 fully saturated rings. The van der Waals surface area contributed by atoms with E-state index in [4.69, 9.17) is 0 Å². The van der Waals surface area contributed by atoms with Crippen LogP contribution in [0.5, 0.6) is 0 Å². The summed E-state index contributed by atoms with van der Waals surface area (Å²) < 4.78 is 0. The van der Waals surface area contributed by atoms with Gasteiger partial charge in [0.05, 0.1) is 0 Å². The first-order valence-corrected chi connectivity index (χ1v) is 5.94. The maximum atomic E-state index is 11.1. The fourth-order valence-corrected chi connectivity index (χ4v) is 2.75. The molecule has 2 aromatic rings. The van der Waals surface area contributed by atoms with Gasteiger partial charge in [0.15, 0.2) is 0 Å². The Morgan fingerprint density at radius 2 is 1.35 bits per heavy atom. The second kappa shape index (κ2) is 3.85. The highest BCUT2D eigenvalue weighted by molar-refractivity contribution is 5.68. The summed E-state index contributed by atoms with van der Waals surface area (Å²) in [6, 6.07) is 20.7. The van der Waals surface area contributed by atoms with Gasteiger partial charge in [-0.25, -0.2) is 0 Å². The molecule has 0 aromatic heterocycles. The molecule has 1 aliphatic rings. The van der Waals surface area contributed by atoms with Crippen LogP contribution in [0.1, 0.15) is 17.5 Å². The molecule has 0 N–H and O–H groups in total. The van der Waals surface area contributed by atoms with Gasteiger partial charge in [0.25, 0.3) is 0 Å². The number of carbonyl (C=O) groups excluding carboxylic acids is 1. The molecule has 0 radical (unpaired) electrons. The molecule has 0 bridgehead atoms. The number of carbonyl (C=O) groups is 1. The highest BCUT2D eigenvalue weighted by Crippen LogP contribution is 2.57. The smallest absolute Gasteiger partial charge is 0.124 e. The van der Waals surface area contributed by atoms with Crippen molar-refractivity contribution in [2.24, 2.45) is 5.92 Å². The fraction of sp³-hybridized carbons (Fsp3) is 0.188. The van der Waals surface area contributed by atoms with E-state index in [0.29, 0.717) is 0 Å². The van der Waals surface area contributed by atoms with Crippen molar-refractivity contribution in [2.75, 3.05) is 0 Å². The first-order valence-electron chi connectivity index (χ1n) is 5.94. The molecule has 0 saturated heterocycles. The van der Waals surface area contributed by atoms with Crippen LogP contribution in [0.15, 0.2) is 60.7 Å². The third-order valence-electron chi connectivity index (χ3n) is 3.76. The number of aldehydes is 1. The zero-order valence-electron chi connectivity index (χ0n) is 9.54. The number of benzene rings is 2. The van der Waals surface area contributed by atoms with Crippen molar-refractivity contribution in [1.82, 2.24) is 0 Å². The van der Waals surface area contributed by atoms with Crippen molar-refractivity contribution < 1.29 is 4.79 Å². The predicted octanol–water partition coefficient (Wildman–Crippen LogP) is 3.19. The normalized spacial score (nSPS) is 20.8. The number of hydrogen-bond donors (Lipinski definition) is 0. The molecule has 17 heavy (non-hydrogen) atoms. The molecule has 0 unspecified atom stereocenters. The van der Waals surface area contributed by atoms with E-state index in [1.165, 1.54) is 11.1 Å². The van der Waals surface area contributed by atoms with E-state index in [-0.39, 0.29) is 11.3 Å². The largest absolute Gasteiger partial charge is 0.303 e. The van der Waals surface area contributed by atoms with E-state index < -0.39 is 0 Å². The maximum Gasteiger partial charge on any atom is 0.124 e. The van der Waals surface area contributed by atoms with Crippen LogP contribution in [0.2, 0.25) is 0 Å². The summed E-state index contributed by atoms with van der Waals surface area (Å²) in [6.07, 6.45) is 2.03. The average Bonchev–Trinajstić information content (AvgIpc) is 3.17. The van der Waals surface area contributed by atoms with Gasteiger partial charge in [0, 0.05) is 11.3 Å². The van der Waals surface area contributed by atoms with Gasteiger partial charge < -0.3 is 4.79 Å². The third kappa shape index (κ3) is 1.50. The van der Waals surface area contributed by atoms with E-state index in [0.717, 1.165) is 12.7 Å². The Bertz CT molecular complexity index is 476. The van der Waals surface area contributed by atoms with Gasteiger partial charge in [-0.2, -0.15) is 0 Å². The lowest BCUT2D eigenvalue weighted by atomic mass is 9.86. The van der Waals surface area contributed by atoms with Crippen LogP contribution < -0.4 is 0 Å². The van der Waals surface area contributed by atoms with Crippen molar-refractivity contribution >= 4 is 6.29 Å². The average molecular weight is 222 g/mol. The molecule has 0 heterocycles. The topological polar surface area (TPSA) is 17.1 Å². The Morgan fingerprint density at radius 3 is 1.71 bits per heavy atom. The minimum atomic E-state index is -0.0652. The van der Waals surface area contributed by atoms with Gasteiger partial charge in [-0.15, -0.1) is 0 Å². The quantitative estimate of drug-likeness (QED) is 0.729. The Balaban J connectivity index is 2.11. The van der Waals surface area contributed by atoms with Gasteiger partial charge >= 0.3 is 0 Å². The monoisotopic (exact) mass is 222 g/mol. The van der Waals surface area contributed by atoms with Crippen LogP contribution in [0.4, 0.5) is 0 Å². The van der Waals surface area contributed by atoms with Crippen molar-refractivity contribution in [3.63, 3.8) is 0 Å². The van der Waals surface area contributed by atoms with Crippen molar-refractivity contribution in [2.45, 2.75) is 11.8 Å². The number of hydrogen-bond acceptors (Lipinski definition) is 1. The summed E-state index contributed by atoms with van der Waals surface area (Å²) in [6.45, 7) is 0. The zero-order chi connectivity index (χ0) is 11.7. The standard InChI is InChI=1S/C16H14O/c17-12-15-11-16(15,13-7-3-1-4-8-13)14-9-5-2-6-10-14/h1-10,12,15H,11H2/t15-/m0/s1. The first-order chi connectivity index (χ1) is 8.38. The first kappa shape index (κ1) is 10.3. The summed E-state index contributed by atoms with van der Waals surface area (Å²) >= 11 is 0. The summed E-state index contributed by atoms with van der Waals surface area (Å²) in [7, 11) is 0. The van der Waals surface area contributed by atoms with E-state index in [2.05, 4.69) is 24.3 Å². The molecular weight excluding hydrogens is 208 g/mol. The minimum Gasteiger partial charge on any atom is -0.303 e. The summed E-state index contributed by atoms with van der Waals surface area (Å²) in [5, 5.41) is 0. The molecule has 2 aromatic carbocycles. The van der Waals surface area contributed by atoms with Gasteiger partial charge in [-0.05, 0) is 17.5 Å². The Hall–Kier alpha value is -1.89. The lowest BCUT2D eigenvalue weighted by Gasteiger charge is -2.17. The second-order valence-corrected chi connectivity index (χ2v) is 4.65. The molecule has 1 saturated carbocycles. The molecule has 1 nitrogen and oxygen atoms in total. The Morgan fingerprint density at radius 1 is 0.882 bits per heavy atom. The van der Waals surface area contributed by atoms with Crippen LogP contribution in [-0.2, 0) is 10.2 Å². The molecule has 1 heteroatoms. The van der Waals surface area contributed by atoms with E-state index in [9.17, 15) is 4.79 Å². The molecule has 1 aliphatic carbocycles. The molecular formula is C16H14O. The fourth-order valence-electron chi connectivity index (χ4n) is 2.75.